The molecule has 0 aromatic heterocycles. The smallest absolute Gasteiger partial charge is 0.295 e. The maximum Gasteiger partial charge on any atom is 0.295 e. The summed E-state index contributed by atoms with van der Waals surface area (Å²) in [6.07, 6.45) is -0.00671. The second kappa shape index (κ2) is 10.8. The summed E-state index contributed by atoms with van der Waals surface area (Å²) in [5.74, 6) is -1.40. The minimum Gasteiger partial charge on any atom is -0.507 e. The van der Waals surface area contributed by atoms with Crippen LogP contribution >= 0.6 is 0 Å². The zero-order chi connectivity index (χ0) is 25.0. The number of hydrogen-bond donors (Lipinski definition) is 1. The van der Waals surface area contributed by atoms with Gasteiger partial charge in [0.05, 0.1) is 17.7 Å². The molecule has 1 atom stereocenters. The minimum absolute atomic E-state index is 0.00671. The van der Waals surface area contributed by atoms with Crippen molar-refractivity contribution in [2.75, 3.05) is 26.2 Å². The normalized spacial score (nSPS) is 17.8. The third kappa shape index (κ3) is 5.30. The predicted molar refractivity (Wildman–Crippen MR) is 130 cm³/mol. The van der Waals surface area contributed by atoms with Crippen LogP contribution in [0.15, 0.2) is 48.0 Å². The standard InChI is InChI=1S/C27H33FN2O4/c1-6-29(7-2)14-15-30-24(19-8-11-21(28)12-9-19)23(26(32)27(30)33)25(31)20-10-13-22(18(5)16-20)34-17(3)4/h8-13,16-17,24,31H,6-7,14-15H2,1-5H3/t24-/m0/s1. The van der Waals surface area contributed by atoms with Crippen molar-refractivity contribution < 1.29 is 23.8 Å². The van der Waals surface area contributed by atoms with Crippen LogP contribution in [0.25, 0.3) is 5.76 Å². The largest absolute Gasteiger partial charge is 0.507 e. The Morgan fingerprint density at radius 2 is 1.76 bits per heavy atom. The fourth-order valence-electron chi connectivity index (χ4n) is 4.23. The summed E-state index contributed by atoms with van der Waals surface area (Å²) in [7, 11) is 0. The van der Waals surface area contributed by atoms with Crippen LogP contribution in [-0.2, 0) is 9.59 Å². The van der Waals surface area contributed by atoms with Gasteiger partial charge in [-0.15, -0.1) is 0 Å². The molecule has 3 rings (SSSR count). The lowest BCUT2D eigenvalue weighted by Gasteiger charge is -2.28. The van der Waals surface area contributed by atoms with Crippen LogP contribution in [0.1, 0.15) is 50.4 Å². The highest BCUT2D eigenvalue weighted by Gasteiger charge is 2.46. The van der Waals surface area contributed by atoms with Gasteiger partial charge in [-0.25, -0.2) is 4.39 Å². The number of likely N-dealkylation sites (tertiary alicyclic amines) is 1. The predicted octanol–water partition coefficient (Wildman–Crippen LogP) is 4.68. The highest BCUT2D eigenvalue weighted by molar-refractivity contribution is 6.46. The molecule has 1 amide bonds. The molecule has 1 N–H and O–H groups in total. The fraction of sp³-hybridized carbons (Fsp3) is 0.407. The van der Waals surface area contributed by atoms with Gasteiger partial charge in [0.2, 0.25) is 0 Å². The number of aryl methyl sites for hydroxylation is 1. The molecule has 0 unspecified atom stereocenters. The molecule has 34 heavy (non-hydrogen) atoms. The summed E-state index contributed by atoms with van der Waals surface area (Å²) in [6.45, 7) is 12.3. The van der Waals surface area contributed by atoms with Crippen LogP contribution in [-0.4, -0.2) is 58.9 Å². The Hall–Kier alpha value is -3.19. The Balaban J connectivity index is 2.08. The number of hydrogen-bond acceptors (Lipinski definition) is 5. The number of aliphatic hydroxyl groups excluding tert-OH is 1. The minimum atomic E-state index is -0.803. The fourth-order valence-corrected chi connectivity index (χ4v) is 4.23. The number of nitrogens with zero attached hydrogens (tertiary/aromatic N) is 2. The maximum atomic E-state index is 13.6. The van der Waals surface area contributed by atoms with Crippen molar-refractivity contribution in [1.82, 2.24) is 9.80 Å². The lowest BCUT2D eigenvalue weighted by Crippen LogP contribution is -2.38. The van der Waals surface area contributed by atoms with Crippen molar-refractivity contribution in [1.29, 1.82) is 0 Å². The lowest BCUT2D eigenvalue weighted by molar-refractivity contribution is -0.140. The Morgan fingerprint density at radius 3 is 2.32 bits per heavy atom. The SMILES string of the molecule is CCN(CC)CCN1C(=O)C(=O)C(=C(O)c2ccc(OC(C)C)c(C)c2)[C@@H]1c1ccc(F)cc1. The molecule has 0 aliphatic carbocycles. The molecule has 1 fully saturated rings. The van der Waals surface area contributed by atoms with Gasteiger partial charge in [-0.2, -0.15) is 0 Å². The highest BCUT2D eigenvalue weighted by Crippen LogP contribution is 2.39. The van der Waals surface area contributed by atoms with Crippen molar-refractivity contribution in [3.05, 3.63) is 70.5 Å². The van der Waals surface area contributed by atoms with Gasteiger partial charge in [0.25, 0.3) is 11.7 Å². The molecule has 6 nitrogen and oxygen atoms in total. The number of carbonyl (C=O) groups is 2. The van der Waals surface area contributed by atoms with E-state index in [2.05, 4.69) is 4.90 Å². The van der Waals surface area contributed by atoms with Crippen LogP contribution in [0, 0.1) is 12.7 Å². The number of ether oxygens (including phenoxy) is 1. The molecule has 2 aromatic carbocycles. The number of carbonyl (C=O) groups excluding carboxylic acids is 2. The maximum absolute atomic E-state index is 13.6. The molecule has 0 radical (unpaired) electrons. The summed E-state index contributed by atoms with van der Waals surface area (Å²) in [5.41, 5.74) is 1.79. The molecule has 0 saturated carbocycles. The highest BCUT2D eigenvalue weighted by atomic mass is 19.1. The van der Waals surface area contributed by atoms with Crippen LogP contribution in [0.2, 0.25) is 0 Å². The molecule has 0 bridgehead atoms. The number of halogens is 1. The number of ketones is 1. The summed E-state index contributed by atoms with van der Waals surface area (Å²) in [5, 5.41) is 11.2. The van der Waals surface area contributed by atoms with E-state index in [1.165, 1.54) is 17.0 Å². The van der Waals surface area contributed by atoms with E-state index < -0.39 is 23.5 Å². The third-order valence-corrected chi connectivity index (χ3v) is 6.09. The second-order valence-corrected chi connectivity index (χ2v) is 8.72. The van der Waals surface area contributed by atoms with Gasteiger partial charge in [-0.1, -0.05) is 26.0 Å². The first-order valence-electron chi connectivity index (χ1n) is 11.7. The zero-order valence-corrected chi connectivity index (χ0v) is 20.5. The van der Waals surface area contributed by atoms with E-state index in [1.807, 2.05) is 34.6 Å². The first kappa shape index (κ1) is 25.4. The molecule has 1 aliphatic heterocycles. The van der Waals surface area contributed by atoms with Crippen molar-refractivity contribution in [3.63, 3.8) is 0 Å². The number of aliphatic hydroxyl groups is 1. The quantitative estimate of drug-likeness (QED) is 0.329. The molecule has 1 aliphatic rings. The van der Waals surface area contributed by atoms with Gasteiger partial charge < -0.3 is 19.6 Å². The van der Waals surface area contributed by atoms with E-state index in [0.29, 0.717) is 30.0 Å². The van der Waals surface area contributed by atoms with E-state index in [9.17, 15) is 19.1 Å². The van der Waals surface area contributed by atoms with Crippen LogP contribution < -0.4 is 4.74 Å². The van der Waals surface area contributed by atoms with Crippen LogP contribution in [0.3, 0.4) is 0 Å². The van der Waals surface area contributed by atoms with Crippen molar-refractivity contribution >= 4 is 17.4 Å². The average Bonchev–Trinajstić information content (AvgIpc) is 3.05. The van der Waals surface area contributed by atoms with E-state index >= 15 is 0 Å². The zero-order valence-electron chi connectivity index (χ0n) is 20.5. The average molecular weight is 469 g/mol. The monoisotopic (exact) mass is 468 g/mol. The molecule has 1 saturated heterocycles. The number of benzene rings is 2. The number of rotatable bonds is 9. The first-order valence-corrected chi connectivity index (χ1v) is 11.7. The number of Topliss-reactive ketones (excluding diaryl/α,β-unsaturated/α-hetero) is 1. The second-order valence-electron chi connectivity index (χ2n) is 8.72. The summed E-state index contributed by atoms with van der Waals surface area (Å²) >= 11 is 0. The molecule has 1 heterocycles. The Bertz CT molecular complexity index is 1070. The molecule has 7 heteroatoms. The van der Waals surface area contributed by atoms with Crippen molar-refractivity contribution in [3.8, 4) is 5.75 Å². The Morgan fingerprint density at radius 1 is 1.12 bits per heavy atom. The number of amides is 1. The summed E-state index contributed by atoms with van der Waals surface area (Å²) in [4.78, 5) is 29.8. The molecule has 0 spiro atoms. The molecular formula is C27H33FN2O4. The van der Waals surface area contributed by atoms with Gasteiger partial charge in [0, 0.05) is 18.7 Å². The summed E-state index contributed by atoms with van der Waals surface area (Å²) < 4.78 is 19.4. The van der Waals surface area contributed by atoms with E-state index in [0.717, 1.165) is 18.7 Å². The summed E-state index contributed by atoms with van der Waals surface area (Å²) in [6, 6.07) is 10.0. The Kier molecular flexibility index (Phi) is 8.10. The van der Waals surface area contributed by atoms with Gasteiger partial charge >= 0.3 is 0 Å². The topological polar surface area (TPSA) is 70.1 Å². The molecule has 182 valence electrons. The Labute approximate surface area is 200 Å². The first-order chi connectivity index (χ1) is 16.2. The van der Waals surface area contributed by atoms with E-state index in [4.69, 9.17) is 4.74 Å². The third-order valence-electron chi connectivity index (χ3n) is 6.09. The van der Waals surface area contributed by atoms with Crippen LogP contribution in [0.5, 0.6) is 5.75 Å². The van der Waals surface area contributed by atoms with Crippen LogP contribution in [0.4, 0.5) is 4.39 Å². The van der Waals surface area contributed by atoms with Gasteiger partial charge in [-0.3, -0.25) is 9.59 Å². The van der Waals surface area contributed by atoms with Gasteiger partial charge in [-0.05, 0) is 75.3 Å². The van der Waals surface area contributed by atoms with E-state index in [1.54, 1.807) is 30.3 Å². The van der Waals surface area contributed by atoms with Gasteiger partial charge in [0.1, 0.15) is 17.3 Å². The van der Waals surface area contributed by atoms with E-state index in [-0.39, 0.29) is 17.4 Å². The number of likely N-dealkylation sites (N-methyl/N-ethyl adjacent to an activating group) is 1. The molecule has 2 aromatic rings. The lowest BCUT2D eigenvalue weighted by atomic mass is 9.94. The molecular weight excluding hydrogens is 435 g/mol. The van der Waals surface area contributed by atoms with Gasteiger partial charge in [0.15, 0.2) is 0 Å². The van der Waals surface area contributed by atoms with Crippen molar-refractivity contribution in [2.45, 2.75) is 46.8 Å². The van der Waals surface area contributed by atoms with Crippen molar-refractivity contribution in [2.24, 2.45) is 0 Å².